The van der Waals surface area contributed by atoms with Crippen LogP contribution in [0.2, 0.25) is 0 Å². The molecule has 9 aliphatic rings. The van der Waals surface area contributed by atoms with E-state index in [4.69, 9.17) is 63.8 Å². The molecular weight excluding hydrogens is 1860 g/mol. The summed E-state index contributed by atoms with van der Waals surface area (Å²) in [5.74, 6) is -0.212. The molecule has 44 heteroatoms. The topological polar surface area (TPSA) is 221 Å². The van der Waals surface area contributed by atoms with Gasteiger partial charge in [0.05, 0.1) is 53.5 Å². The third-order valence-corrected chi connectivity index (χ3v) is 25.2. The minimum absolute atomic E-state index is 0. The Bertz CT molecular complexity index is 4900. The van der Waals surface area contributed by atoms with Crippen molar-refractivity contribution in [3.05, 3.63) is 189 Å². The minimum atomic E-state index is -4.87. The van der Waals surface area contributed by atoms with Gasteiger partial charge in [-0.1, -0.05) is 37.9 Å². The van der Waals surface area contributed by atoms with Gasteiger partial charge in [-0.15, -0.1) is 0 Å². The summed E-state index contributed by atoms with van der Waals surface area (Å²) in [6, 6.07) is 11.5. The van der Waals surface area contributed by atoms with Gasteiger partial charge in [0.2, 0.25) is 37.4 Å². The average molecular weight is 1970 g/mol. The highest BCUT2D eigenvalue weighted by atomic mass is 32.1. The second-order valence-electron chi connectivity index (χ2n) is 33.2. The molecule has 133 heavy (non-hydrogen) atoms. The first-order valence-electron chi connectivity index (χ1n) is 43.0. The monoisotopic (exact) mass is 1970 g/mol. The molecule has 6 fully saturated rings. The number of anilines is 6. The van der Waals surface area contributed by atoms with E-state index in [-0.39, 0.29) is 216 Å². The van der Waals surface area contributed by atoms with Gasteiger partial charge in [-0.2, -0.15) is 150 Å². The molecular formula is C89H118F10N22O6S6. The van der Waals surface area contributed by atoms with Crippen molar-refractivity contribution in [3.63, 3.8) is 0 Å². The molecule has 15 rings (SSSR count). The van der Waals surface area contributed by atoms with Gasteiger partial charge in [-0.3, -0.25) is 14.4 Å². The van der Waals surface area contributed by atoms with Crippen LogP contribution in [0.3, 0.4) is 0 Å². The number of alkyl halides is 9. The fourth-order valence-electron chi connectivity index (χ4n) is 18.5. The van der Waals surface area contributed by atoms with Crippen LogP contribution in [0.25, 0.3) is 14.5 Å². The van der Waals surface area contributed by atoms with Gasteiger partial charge in [0.1, 0.15) is 72.6 Å². The fraction of sp³-hybridized carbons (Fsp3) is 0.539. The summed E-state index contributed by atoms with van der Waals surface area (Å²) in [6.07, 6.45) is 0.759. The van der Waals surface area contributed by atoms with Crippen molar-refractivity contribution >= 4 is 133 Å². The van der Waals surface area contributed by atoms with E-state index in [1.165, 1.54) is 59.7 Å². The van der Waals surface area contributed by atoms with E-state index < -0.39 is 41.0 Å². The predicted molar refractivity (Wildman–Crippen MR) is 520 cm³/mol. The summed E-state index contributed by atoms with van der Waals surface area (Å²) < 4.78 is 158. The van der Waals surface area contributed by atoms with E-state index in [2.05, 4.69) is 77.9 Å². The van der Waals surface area contributed by atoms with Crippen LogP contribution < -0.4 is 43.6 Å². The zero-order valence-electron chi connectivity index (χ0n) is 74.6. The van der Waals surface area contributed by atoms with Crippen LogP contribution >= 0.6 is 81.0 Å². The molecule has 0 unspecified atom stereocenters. The molecule has 6 aromatic rings. The van der Waals surface area contributed by atoms with E-state index in [1.54, 1.807) is 30.6 Å². The summed E-state index contributed by atoms with van der Waals surface area (Å²) in [7, 11) is 6.14. The number of fused-ring (bicyclic) bond motifs is 3. The zero-order valence-corrected chi connectivity index (χ0v) is 80.6. The van der Waals surface area contributed by atoms with Crippen molar-refractivity contribution in [1.82, 2.24) is 64.3 Å². The number of para-hydroxylation sites is 1. The average Bonchev–Trinajstić information content (AvgIpc) is 1.75. The van der Waals surface area contributed by atoms with Crippen LogP contribution in [-0.4, -0.2) is 277 Å². The normalized spacial score (nSPS) is 20.4. The highest BCUT2D eigenvalue weighted by Gasteiger charge is 2.44. The molecule has 9 aliphatic heterocycles. The van der Waals surface area contributed by atoms with Gasteiger partial charge in [0, 0.05) is 125 Å². The molecule has 0 spiro atoms. The second-order valence-corrected chi connectivity index (χ2v) is 33.2. The Morgan fingerprint density at radius 1 is 0.406 bits per heavy atom. The van der Waals surface area contributed by atoms with Gasteiger partial charge in [0.25, 0.3) is 0 Å². The maximum absolute atomic E-state index is 14.5. The van der Waals surface area contributed by atoms with Crippen molar-refractivity contribution < 1.29 is 72.5 Å². The molecule has 6 saturated heterocycles. The van der Waals surface area contributed by atoms with E-state index in [9.17, 15) is 58.3 Å². The number of ether oxygens (including phenoxy) is 3. The first-order chi connectivity index (χ1) is 61.0. The summed E-state index contributed by atoms with van der Waals surface area (Å²) in [5.41, 5.74) is 1.39. The van der Waals surface area contributed by atoms with E-state index >= 15 is 0 Å². The lowest BCUT2D eigenvalue weighted by Crippen LogP contribution is -2.56. The number of likely N-dealkylation sites (N-methyl/N-ethyl adjacent to an activating group) is 3. The molecule has 0 aliphatic carbocycles. The number of amides is 3. The van der Waals surface area contributed by atoms with Crippen molar-refractivity contribution in [2.24, 2.45) is 0 Å². The maximum atomic E-state index is 14.5. The van der Waals surface area contributed by atoms with E-state index in [0.29, 0.717) is 165 Å². The SMILES string of the molecule is S.S.S.S.S.S.[C-]#[N+]C[C@H]1CN(c2nc(OC[C@@H]3CCCN3C)nc3c2CCCN(c2cccc(F)c2C(F)(F)F)C3)CCN1C(=O)C=C.[C-]#[N+]C[C@H]1CN(c2nc(OC[C@@H]3CCCN3C)nc3c2CCCN(c2ccccc2C(F)(F)F)C3)CCN1C(=O)C=C.[C-]#[N+]C[C@H]1CN(c2nc(OC[C@@H]3CCCN3C)nc3c2CCCN(c2ncccc2C(F)(F)F)C3)CCN1C(=O)C=C. The Kier molecular flexibility index (Phi) is 41.3. The maximum Gasteiger partial charge on any atom is 0.421 e. The molecule has 0 N–H and O–H groups in total. The van der Waals surface area contributed by atoms with Crippen molar-refractivity contribution in [2.75, 3.05) is 188 Å². The molecule has 13 heterocycles. The molecule has 3 amide bonds. The van der Waals surface area contributed by atoms with Crippen molar-refractivity contribution in [1.29, 1.82) is 0 Å². The van der Waals surface area contributed by atoms with Gasteiger partial charge in [-0.05, 0) is 172 Å². The number of carbonyl (C=O) groups is 3. The lowest BCUT2D eigenvalue weighted by Gasteiger charge is -2.40. The molecule has 4 aromatic heterocycles. The molecule has 6 atom stereocenters. The largest absolute Gasteiger partial charge is 0.462 e. The van der Waals surface area contributed by atoms with Crippen LogP contribution in [0.5, 0.6) is 18.0 Å². The van der Waals surface area contributed by atoms with Crippen LogP contribution in [0.15, 0.2) is 98.8 Å². The predicted octanol–water partition coefficient (Wildman–Crippen LogP) is 12.3. The van der Waals surface area contributed by atoms with Crippen molar-refractivity contribution in [3.8, 4) is 18.0 Å². The Hall–Kier alpha value is -9.59. The lowest BCUT2D eigenvalue weighted by molar-refractivity contribution is -0.140. The third kappa shape index (κ3) is 26.8. The Labute approximate surface area is 812 Å². The van der Waals surface area contributed by atoms with Gasteiger partial charge in [-0.25, -0.2) is 29.1 Å². The number of likely N-dealkylation sites (tertiary alicyclic amines) is 3. The standard InChI is InChI=1S/C30H35F4N7O2.C30H36F3N7O2.C29H35F3N8O2.6H2S/c1-4-26(42)41-15-14-40(17-21(41)16-35-2)28-22-9-7-13-39(25-11-5-10-23(31)27(25)30(32,33)34)18-24(22)36-29(37-28)43-19-20-8-6-12-38(20)3;1-4-27(41)40-16-15-39(18-22(40)17-34-2)28-23-10-8-14-38(26-12-6-5-11-24(26)30(31,32)33)19-25(23)35-29(36-28)42-20-21-9-7-13-37(21)3;1-4-25(41)40-15-14-39(17-21(40)16-33-2)26-22-9-7-13-38(27-23(29(30,31)32)10-5-11-34-27)18-24(22)35-28(36-26)42-19-20-8-6-12-37(20)3;;;;;;/h4-5,10-11,20-21H,1,6-9,12-19H2,3H3;4-6,11-12,21-22H,1,7-10,13-20H2,3H3;4-5,10-11,20-21H,1,6-9,12-19H2,3H3;6*1H2/t20-,21-;21-,22-;20-,21-;;;;;;/m000....../s1. The number of carbonyl (C=O) groups excluding carboxylic acids is 3. The van der Waals surface area contributed by atoms with Gasteiger partial charge >= 0.3 is 36.6 Å². The lowest BCUT2D eigenvalue weighted by atomic mass is 10.1. The van der Waals surface area contributed by atoms with E-state index in [0.717, 1.165) is 93.0 Å². The Morgan fingerprint density at radius 2 is 0.752 bits per heavy atom. The summed E-state index contributed by atoms with van der Waals surface area (Å²) in [5, 5.41) is 0. The van der Waals surface area contributed by atoms with Crippen LogP contribution in [0.4, 0.5) is 78.6 Å². The van der Waals surface area contributed by atoms with Crippen LogP contribution in [-0.2, 0) is 71.8 Å². The highest BCUT2D eigenvalue weighted by molar-refractivity contribution is 7.60. The molecule has 0 radical (unpaired) electrons. The Morgan fingerprint density at radius 3 is 1.10 bits per heavy atom. The number of halogens is 10. The molecule has 2 aromatic carbocycles. The molecule has 0 saturated carbocycles. The van der Waals surface area contributed by atoms with Crippen LogP contribution in [0, 0.1) is 25.5 Å². The number of hydrogen-bond acceptors (Lipinski definition) is 22. The number of rotatable bonds is 21. The number of pyridine rings is 1. The number of piperazine rings is 3. The number of aromatic nitrogens is 7. The molecule has 0 bridgehead atoms. The van der Waals surface area contributed by atoms with Crippen molar-refractivity contribution in [2.45, 2.75) is 151 Å². The smallest absolute Gasteiger partial charge is 0.421 e. The van der Waals surface area contributed by atoms with E-state index in [1.807, 2.05) is 11.9 Å². The second kappa shape index (κ2) is 49.8. The zero-order chi connectivity index (χ0) is 90.4. The molecule has 726 valence electrons. The van der Waals surface area contributed by atoms with Gasteiger partial charge < -0.3 is 87.5 Å². The first-order valence-corrected chi connectivity index (χ1v) is 43.0. The minimum Gasteiger partial charge on any atom is -0.462 e. The van der Waals surface area contributed by atoms with Crippen LogP contribution in [0.1, 0.15) is 108 Å². The fourth-order valence-corrected chi connectivity index (χ4v) is 18.5. The first kappa shape index (κ1) is 110. The van der Waals surface area contributed by atoms with Gasteiger partial charge in [0.15, 0.2) is 0 Å². The Balaban J connectivity index is 0.000000266. The summed E-state index contributed by atoms with van der Waals surface area (Å²) in [4.78, 5) is 104. The molecule has 28 nitrogen and oxygen atoms in total. The number of benzene rings is 2. The summed E-state index contributed by atoms with van der Waals surface area (Å²) >= 11 is 0. The third-order valence-electron chi connectivity index (χ3n) is 25.2. The highest BCUT2D eigenvalue weighted by Crippen LogP contribution is 2.44. The summed E-state index contributed by atoms with van der Waals surface area (Å²) in [6.45, 7) is 42.6. The number of hydrogen-bond donors (Lipinski definition) is 0. The number of nitrogens with zero attached hydrogens (tertiary/aromatic N) is 22. The quantitative estimate of drug-likeness (QED) is 0.0371.